The van der Waals surface area contributed by atoms with E-state index in [9.17, 15) is 4.79 Å². The summed E-state index contributed by atoms with van der Waals surface area (Å²) in [6.45, 7) is 1.81. The zero-order chi connectivity index (χ0) is 11.5. The van der Waals surface area contributed by atoms with Crippen molar-refractivity contribution in [2.45, 2.75) is 6.92 Å². The Balaban J connectivity index is 2.14. The van der Waals surface area contributed by atoms with Crippen LogP contribution in [-0.4, -0.2) is 15.9 Å². The van der Waals surface area contributed by atoms with Gasteiger partial charge in [0.05, 0.1) is 11.2 Å². The molecule has 0 bridgehead atoms. The number of aromatic nitrogens is 2. The number of amides is 1. The van der Waals surface area contributed by atoms with Gasteiger partial charge in [-0.1, -0.05) is 0 Å². The number of anilines is 1. The number of halogens is 1. The van der Waals surface area contributed by atoms with Crippen LogP contribution in [0.4, 0.5) is 5.82 Å². The molecule has 0 aromatic carbocycles. The van der Waals surface area contributed by atoms with Crippen LogP contribution in [0.2, 0.25) is 0 Å². The summed E-state index contributed by atoms with van der Waals surface area (Å²) < 4.78 is 1.03. The fourth-order valence-corrected chi connectivity index (χ4v) is 2.16. The predicted molar refractivity (Wildman–Crippen MR) is 71.8 cm³/mol. The third-order valence-corrected chi connectivity index (χ3v) is 3.49. The highest BCUT2D eigenvalue weighted by Gasteiger charge is 2.11. The fourth-order valence-electron chi connectivity index (χ4n) is 1.14. The van der Waals surface area contributed by atoms with Gasteiger partial charge in [-0.3, -0.25) is 4.79 Å². The lowest BCUT2D eigenvalue weighted by Crippen LogP contribution is -2.12. The molecule has 0 saturated heterocycles. The molecule has 0 unspecified atom stereocenters. The molecule has 0 radical (unpaired) electrons. The molecule has 0 atom stereocenters. The van der Waals surface area contributed by atoms with E-state index in [1.54, 1.807) is 17.8 Å². The Kier molecular flexibility index (Phi) is 3.49. The van der Waals surface area contributed by atoms with Crippen LogP contribution in [0.5, 0.6) is 0 Å². The van der Waals surface area contributed by atoms with Gasteiger partial charge < -0.3 is 5.32 Å². The number of aryl methyl sites for hydroxylation is 1. The van der Waals surface area contributed by atoms with Crippen LogP contribution in [0.1, 0.15) is 15.4 Å². The van der Waals surface area contributed by atoms with E-state index in [-0.39, 0.29) is 5.91 Å². The standard InChI is InChI=1S/C10H8IN3OS/c1-6-9(16-5-13-6)10(15)14-8-3-2-7(11)4-12-8/h2-5H,1H3,(H,12,14,15). The van der Waals surface area contributed by atoms with Crippen LogP contribution in [-0.2, 0) is 0 Å². The molecular weight excluding hydrogens is 337 g/mol. The van der Waals surface area contributed by atoms with Gasteiger partial charge in [0.25, 0.3) is 5.91 Å². The van der Waals surface area contributed by atoms with Crippen LogP contribution in [0.15, 0.2) is 23.8 Å². The second-order valence-corrected chi connectivity index (χ2v) is 5.18. The molecule has 0 saturated carbocycles. The lowest BCUT2D eigenvalue weighted by Gasteiger charge is -2.02. The molecule has 2 aromatic heterocycles. The molecule has 0 spiro atoms. The van der Waals surface area contributed by atoms with Crippen molar-refractivity contribution in [2.75, 3.05) is 5.32 Å². The largest absolute Gasteiger partial charge is 0.306 e. The molecule has 82 valence electrons. The van der Waals surface area contributed by atoms with E-state index in [0.29, 0.717) is 10.7 Å². The molecule has 1 N–H and O–H groups in total. The summed E-state index contributed by atoms with van der Waals surface area (Å²) in [5.41, 5.74) is 2.40. The first-order valence-corrected chi connectivity index (χ1v) is 6.45. The van der Waals surface area contributed by atoms with Gasteiger partial charge in [-0.2, -0.15) is 0 Å². The van der Waals surface area contributed by atoms with Crippen molar-refractivity contribution in [3.8, 4) is 0 Å². The van der Waals surface area contributed by atoms with Gasteiger partial charge in [0.15, 0.2) is 0 Å². The summed E-state index contributed by atoms with van der Waals surface area (Å²) in [7, 11) is 0. The highest BCUT2D eigenvalue weighted by atomic mass is 127. The first-order chi connectivity index (χ1) is 7.66. The summed E-state index contributed by atoms with van der Waals surface area (Å²) >= 11 is 3.49. The van der Waals surface area contributed by atoms with Crippen LogP contribution in [0.3, 0.4) is 0 Å². The van der Waals surface area contributed by atoms with Crippen molar-refractivity contribution in [2.24, 2.45) is 0 Å². The summed E-state index contributed by atoms with van der Waals surface area (Å²) in [6.07, 6.45) is 1.70. The van der Waals surface area contributed by atoms with E-state index in [4.69, 9.17) is 0 Å². The summed E-state index contributed by atoms with van der Waals surface area (Å²) in [6, 6.07) is 3.67. The average Bonchev–Trinajstić information content (AvgIpc) is 2.68. The zero-order valence-corrected chi connectivity index (χ0v) is 11.4. The molecule has 2 aromatic rings. The topological polar surface area (TPSA) is 54.9 Å². The average molecular weight is 345 g/mol. The summed E-state index contributed by atoms with van der Waals surface area (Å²) in [5.74, 6) is 0.395. The number of thiazole rings is 1. The second kappa shape index (κ2) is 4.88. The number of carbonyl (C=O) groups excluding carboxylic acids is 1. The Morgan fingerprint density at radius 2 is 2.25 bits per heavy atom. The van der Waals surface area contributed by atoms with Gasteiger partial charge in [-0.05, 0) is 41.6 Å². The van der Waals surface area contributed by atoms with Crippen molar-refractivity contribution in [3.63, 3.8) is 0 Å². The maximum Gasteiger partial charge on any atom is 0.268 e. The maximum atomic E-state index is 11.8. The quantitative estimate of drug-likeness (QED) is 0.852. The molecule has 0 fully saturated rings. The van der Waals surface area contributed by atoms with E-state index in [1.807, 2.05) is 13.0 Å². The summed E-state index contributed by atoms with van der Waals surface area (Å²) in [4.78, 5) is 20.6. The third-order valence-electron chi connectivity index (χ3n) is 1.92. The Morgan fingerprint density at radius 1 is 1.44 bits per heavy atom. The van der Waals surface area contributed by atoms with Crippen LogP contribution in [0, 0.1) is 10.5 Å². The maximum absolute atomic E-state index is 11.8. The first kappa shape index (κ1) is 11.5. The zero-order valence-electron chi connectivity index (χ0n) is 8.40. The number of pyridine rings is 1. The van der Waals surface area contributed by atoms with Crippen LogP contribution in [0.25, 0.3) is 0 Å². The number of rotatable bonds is 2. The smallest absolute Gasteiger partial charge is 0.268 e. The Morgan fingerprint density at radius 3 is 2.81 bits per heavy atom. The number of hydrogen-bond donors (Lipinski definition) is 1. The van der Waals surface area contributed by atoms with Gasteiger partial charge in [0, 0.05) is 9.77 Å². The minimum Gasteiger partial charge on any atom is -0.306 e. The SMILES string of the molecule is Cc1ncsc1C(=O)Nc1ccc(I)cn1. The van der Waals surface area contributed by atoms with Gasteiger partial charge in [0.1, 0.15) is 10.7 Å². The molecule has 6 heteroatoms. The van der Waals surface area contributed by atoms with E-state index in [1.165, 1.54) is 11.3 Å². The minimum absolute atomic E-state index is 0.159. The molecule has 2 rings (SSSR count). The number of carbonyl (C=O) groups is 1. The lowest BCUT2D eigenvalue weighted by molar-refractivity contribution is 0.102. The molecule has 0 aliphatic rings. The van der Waals surface area contributed by atoms with Crippen molar-refractivity contribution >= 4 is 45.7 Å². The van der Waals surface area contributed by atoms with E-state index in [0.717, 1.165) is 9.26 Å². The van der Waals surface area contributed by atoms with E-state index >= 15 is 0 Å². The van der Waals surface area contributed by atoms with Gasteiger partial charge >= 0.3 is 0 Å². The van der Waals surface area contributed by atoms with Crippen molar-refractivity contribution < 1.29 is 4.79 Å². The Hall–Kier alpha value is -1.02. The van der Waals surface area contributed by atoms with Gasteiger partial charge in [-0.25, -0.2) is 9.97 Å². The summed E-state index contributed by atoms with van der Waals surface area (Å²) in [5, 5.41) is 2.73. The van der Waals surface area contributed by atoms with Crippen LogP contribution < -0.4 is 5.32 Å². The molecular formula is C10H8IN3OS. The van der Waals surface area contributed by atoms with Crippen molar-refractivity contribution in [1.29, 1.82) is 0 Å². The van der Waals surface area contributed by atoms with Crippen molar-refractivity contribution in [1.82, 2.24) is 9.97 Å². The number of hydrogen-bond acceptors (Lipinski definition) is 4. The fraction of sp³-hybridized carbons (Fsp3) is 0.100. The number of nitrogens with one attached hydrogen (secondary N) is 1. The first-order valence-electron chi connectivity index (χ1n) is 4.50. The van der Waals surface area contributed by atoms with Crippen LogP contribution >= 0.6 is 33.9 Å². The highest BCUT2D eigenvalue weighted by molar-refractivity contribution is 14.1. The second-order valence-electron chi connectivity index (χ2n) is 3.08. The van der Waals surface area contributed by atoms with Gasteiger partial charge in [-0.15, -0.1) is 11.3 Å². The molecule has 4 nitrogen and oxygen atoms in total. The van der Waals surface area contributed by atoms with E-state index in [2.05, 4.69) is 37.9 Å². The third kappa shape index (κ3) is 2.56. The Bertz CT molecular complexity index is 509. The van der Waals surface area contributed by atoms with E-state index < -0.39 is 0 Å². The normalized spacial score (nSPS) is 10.1. The highest BCUT2D eigenvalue weighted by Crippen LogP contribution is 2.14. The molecule has 0 aliphatic carbocycles. The molecule has 1 amide bonds. The van der Waals surface area contributed by atoms with Gasteiger partial charge in [0.2, 0.25) is 0 Å². The van der Waals surface area contributed by atoms with Crippen molar-refractivity contribution in [3.05, 3.63) is 38.0 Å². The predicted octanol–water partition coefficient (Wildman–Crippen LogP) is 2.70. The Labute approximate surface area is 110 Å². The molecule has 2 heterocycles. The monoisotopic (exact) mass is 345 g/mol. The number of nitrogens with zero attached hydrogens (tertiary/aromatic N) is 2. The minimum atomic E-state index is -0.159. The lowest BCUT2D eigenvalue weighted by atomic mass is 10.3. The molecule has 16 heavy (non-hydrogen) atoms. The molecule has 0 aliphatic heterocycles.